The molecule has 25 heavy (non-hydrogen) atoms. The Morgan fingerprint density at radius 3 is 1.96 bits per heavy atom. The van der Waals surface area contributed by atoms with E-state index in [0.29, 0.717) is 31.6 Å². The summed E-state index contributed by atoms with van der Waals surface area (Å²) in [6.45, 7) is 1.54. The van der Waals surface area contributed by atoms with Crippen molar-refractivity contribution >= 4 is 52.4 Å². The zero-order valence-corrected chi connectivity index (χ0v) is 16.1. The van der Waals surface area contributed by atoms with E-state index in [2.05, 4.69) is 0 Å². The summed E-state index contributed by atoms with van der Waals surface area (Å²) in [4.78, 5) is 11.8. The Kier molecular flexibility index (Phi) is 7.51. The Balaban J connectivity index is 1.77. The van der Waals surface area contributed by atoms with Crippen LogP contribution in [0.1, 0.15) is 6.92 Å². The van der Waals surface area contributed by atoms with Crippen LogP contribution in [-0.2, 0) is 9.53 Å². The van der Waals surface area contributed by atoms with Crippen molar-refractivity contribution in [2.45, 2.75) is 13.0 Å². The number of esters is 1. The first-order valence-corrected chi connectivity index (χ1v) is 8.71. The van der Waals surface area contributed by atoms with Crippen LogP contribution in [0.3, 0.4) is 0 Å². The van der Waals surface area contributed by atoms with Crippen LogP contribution in [0.5, 0.6) is 11.5 Å². The summed E-state index contributed by atoms with van der Waals surface area (Å²) in [5, 5.41) is 1.68. The van der Waals surface area contributed by atoms with Gasteiger partial charge in [0.25, 0.3) is 0 Å². The smallest absolute Gasteiger partial charge is 0.344 e. The predicted molar refractivity (Wildman–Crippen MR) is 99.5 cm³/mol. The molecule has 0 unspecified atom stereocenters. The van der Waals surface area contributed by atoms with Gasteiger partial charge in [0.1, 0.15) is 24.2 Å². The average Bonchev–Trinajstić information content (AvgIpc) is 2.53. The van der Waals surface area contributed by atoms with E-state index in [1.165, 1.54) is 6.07 Å². The van der Waals surface area contributed by atoms with E-state index >= 15 is 0 Å². The minimum Gasteiger partial charge on any atom is -0.488 e. The minimum absolute atomic E-state index is 0.134. The summed E-state index contributed by atoms with van der Waals surface area (Å²) >= 11 is 23.6. The molecule has 0 amide bonds. The maximum atomic E-state index is 11.8. The highest BCUT2D eigenvalue weighted by Gasteiger charge is 2.13. The van der Waals surface area contributed by atoms with Crippen molar-refractivity contribution in [3.05, 3.63) is 56.5 Å². The van der Waals surface area contributed by atoms with Gasteiger partial charge < -0.3 is 14.2 Å². The number of benzene rings is 2. The molecular weight excluding hydrogens is 410 g/mol. The molecule has 0 aliphatic rings. The first kappa shape index (κ1) is 20.0. The van der Waals surface area contributed by atoms with Crippen LogP contribution < -0.4 is 9.47 Å². The lowest BCUT2D eigenvalue weighted by atomic mass is 10.3. The number of hydrogen-bond donors (Lipinski definition) is 0. The fourth-order valence-corrected chi connectivity index (χ4v) is 2.75. The molecule has 0 spiro atoms. The van der Waals surface area contributed by atoms with Gasteiger partial charge in [-0.15, -0.1) is 0 Å². The van der Waals surface area contributed by atoms with E-state index < -0.39 is 12.1 Å². The third-order valence-electron chi connectivity index (χ3n) is 2.94. The fraction of sp³-hybridized carbons (Fsp3) is 0.235. The molecule has 0 fully saturated rings. The lowest BCUT2D eigenvalue weighted by Gasteiger charge is -2.15. The van der Waals surface area contributed by atoms with Gasteiger partial charge in [0.05, 0.1) is 10.0 Å². The normalized spacial score (nSPS) is 11.7. The van der Waals surface area contributed by atoms with E-state index in [0.717, 1.165) is 0 Å². The van der Waals surface area contributed by atoms with Crippen LogP contribution in [0.4, 0.5) is 0 Å². The van der Waals surface area contributed by atoms with Gasteiger partial charge in [0.2, 0.25) is 0 Å². The van der Waals surface area contributed by atoms with Crippen molar-refractivity contribution in [2.24, 2.45) is 0 Å². The zero-order valence-electron chi connectivity index (χ0n) is 13.1. The fourth-order valence-electron chi connectivity index (χ4n) is 1.82. The first-order valence-electron chi connectivity index (χ1n) is 7.20. The summed E-state index contributed by atoms with van der Waals surface area (Å²) in [6, 6.07) is 9.58. The second-order valence-electron chi connectivity index (χ2n) is 5.05. The van der Waals surface area contributed by atoms with Crippen molar-refractivity contribution in [1.82, 2.24) is 0 Å². The monoisotopic (exact) mass is 422 g/mol. The average molecular weight is 424 g/mol. The number of hydrogen-bond acceptors (Lipinski definition) is 4. The van der Waals surface area contributed by atoms with Gasteiger partial charge in [0.15, 0.2) is 6.61 Å². The van der Waals surface area contributed by atoms with Crippen LogP contribution in [0.25, 0.3) is 0 Å². The standard InChI is InChI=1S/C17H14Cl4O4/c1-10(8-23-15-4-2-11(18)6-13(15)20)25-17(22)9-24-16-5-3-12(19)7-14(16)21/h2-7,10H,8-9H2,1H3/t10-/m1/s1. The van der Waals surface area contributed by atoms with Gasteiger partial charge in [-0.3, -0.25) is 0 Å². The Morgan fingerprint density at radius 1 is 0.920 bits per heavy atom. The van der Waals surface area contributed by atoms with E-state index in [4.69, 9.17) is 60.6 Å². The Bertz CT molecular complexity index is 751. The SMILES string of the molecule is C[C@H](COc1ccc(Cl)cc1Cl)OC(=O)COc1ccc(Cl)cc1Cl. The van der Waals surface area contributed by atoms with Crippen molar-refractivity contribution in [2.75, 3.05) is 13.2 Å². The van der Waals surface area contributed by atoms with Crippen LogP contribution in [0, 0.1) is 0 Å². The number of carbonyl (C=O) groups excluding carboxylic acids is 1. The van der Waals surface area contributed by atoms with E-state index in [-0.39, 0.29) is 13.2 Å². The number of carbonyl (C=O) groups is 1. The molecule has 1 atom stereocenters. The third kappa shape index (κ3) is 6.48. The van der Waals surface area contributed by atoms with Gasteiger partial charge in [-0.05, 0) is 43.3 Å². The molecule has 0 aliphatic heterocycles. The molecule has 2 rings (SSSR count). The zero-order chi connectivity index (χ0) is 18.4. The number of ether oxygens (including phenoxy) is 3. The van der Waals surface area contributed by atoms with Crippen molar-refractivity contribution in [3.63, 3.8) is 0 Å². The Morgan fingerprint density at radius 2 is 1.44 bits per heavy atom. The molecule has 0 bridgehead atoms. The second-order valence-corrected chi connectivity index (χ2v) is 6.74. The van der Waals surface area contributed by atoms with E-state index in [1.807, 2.05) is 0 Å². The van der Waals surface area contributed by atoms with Gasteiger partial charge in [-0.25, -0.2) is 4.79 Å². The molecule has 134 valence electrons. The first-order chi connectivity index (χ1) is 11.8. The molecular formula is C17H14Cl4O4. The highest BCUT2D eigenvalue weighted by atomic mass is 35.5. The molecule has 8 heteroatoms. The van der Waals surface area contributed by atoms with Crippen LogP contribution in [-0.4, -0.2) is 25.3 Å². The molecule has 0 radical (unpaired) electrons. The van der Waals surface area contributed by atoms with Crippen LogP contribution >= 0.6 is 46.4 Å². The molecule has 4 nitrogen and oxygen atoms in total. The van der Waals surface area contributed by atoms with Gasteiger partial charge in [0, 0.05) is 10.0 Å². The minimum atomic E-state index is -0.552. The van der Waals surface area contributed by atoms with Gasteiger partial charge in [-0.2, -0.15) is 0 Å². The van der Waals surface area contributed by atoms with Gasteiger partial charge >= 0.3 is 5.97 Å². The quantitative estimate of drug-likeness (QED) is 0.536. The number of rotatable bonds is 7. The van der Waals surface area contributed by atoms with Crippen molar-refractivity contribution in [1.29, 1.82) is 0 Å². The molecule has 2 aromatic carbocycles. The summed E-state index contributed by atoms with van der Waals surface area (Å²) in [5.41, 5.74) is 0. The maximum Gasteiger partial charge on any atom is 0.344 e. The predicted octanol–water partition coefficient (Wildman–Crippen LogP) is 5.69. The molecule has 0 heterocycles. The van der Waals surface area contributed by atoms with E-state index in [1.54, 1.807) is 37.3 Å². The molecule has 0 aromatic heterocycles. The van der Waals surface area contributed by atoms with Crippen molar-refractivity contribution < 1.29 is 19.0 Å². The lowest BCUT2D eigenvalue weighted by Crippen LogP contribution is -2.25. The number of halogens is 4. The molecule has 0 aliphatic carbocycles. The molecule has 0 saturated heterocycles. The summed E-state index contributed by atoms with van der Waals surface area (Å²) < 4.78 is 16.0. The van der Waals surface area contributed by atoms with Crippen LogP contribution in [0.2, 0.25) is 20.1 Å². The maximum absolute atomic E-state index is 11.8. The highest BCUT2D eigenvalue weighted by molar-refractivity contribution is 6.36. The Labute approximate surface area is 165 Å². The second kappa shape index (κ2) is 9.39. The largest absolute Gasteiger partial charge is 0.488 e. The third-order valence-corrected chi connectivity index (χ3v) is 4.00. The molecule has 0 saturated carbocycles. The lowest BCUT2D eigenvalue weighted by molar-refractivity contribution is -0.151. The summed E-state index contributed by atoms with van der Waals surface area (Å²) in [5.74, 6) is 0.252. The molecule has 2 aromatic rings. The van der Waals surface area contributed by atoms with Crippen LogP contribution in [0.15, 0.2) is 36.4 Å². The summed E-state index contributed by atoms with van der Waals surface area (Å²) in [6.07, 6.45) is -0.497. The van der Waals surface area contributed by atoms with E-state index in [9.17, 15) is 4.79 Å². The van der Waals surface area contributed by atoms with Crippen molar-refractivity contribution in [3.8, 4) is 11.5 Å². The Hall–Kier alpha value is -1.33. The van der Waals surface area contributed by atoms with Gasteiger partial charge in [-0.1, -0.05) is 46.4 Å². The molecule has 0 N–H and O–H groups in total. The summed E-state index contributed by atoms with van der Waals surface area (Å²) in [7, 11) is 0. The highest BCUT2D eigenvalue weighted by Crippen LogP contribution is 2.28. The topological polar surface area (TPSA) is 44.8 Å².